The number of thioether (sulfide) groups is 1. The molecule has 2 saturated heterocycles. The summed E-state index contributed by atoms with van der Waals surface area (Å²) in [4.78, 5) is 59.5. The van der Waals surface area contributed by atoms with E-state index in [1.807, 2.05) is 58.3 Å². The molecule has 0 radical (unpaired) electrons. The molecule has 1 aliphatic carbocycles. The fourth-order valence-corrected chi connectivity index (χ4v) is 9.01. The first-order chi connectivity index (χ1) is 21.9. The van der Waals surface area contributed by atoms with Crippen LogP contribution in [-0.4, -0.2) is 82.6 Å². The fraction of sp³-hybridized carbons (Fsp3) is 0.543. The zero-order valence-corrected chi connectivity index (χ0v) is 26.9. The number of carbonyl (C=O) groups excluding carboxylic acids is 4. The van der Waals surface area contributed by atoms with Crippen LogP contribution in [0, 0.1) is 5.92 Å². The number of hydrogen-bond acceptors (Lipinski definition) is 6. The number of para-hydroxylation sites is 1. The van der Waals surface area contributed by atoms with Gasteiger partial charge in [-0.3, -0.25) is 9.59 Å². The van der Waals surface area contributed by atoms with Crippen LogP contribution in [0.25, 0.3) is 0 Å². The lowest BCUT2D eigenvalue weighted by atomic mass is 9.84. The van der Waals surface area contributed by atoms with Crippen molar-refractivity contribution in [3.63, 3.8) is 0 Å². The van der Waals surface area contributed by atoms with Gasteiger partial charge >= 0.3 is 12.0 Å². The minimum absolute atomic E-state index is 0.0532. The quantitative estimate of drug-likeness (QED) is 0.380. The topological polar surface area (TPSA) is 99.3 Å². The lowest BCUT2D eigenvalue weighted by Crippen LogP contribution is -2.50. The van der Waals surface area contributed by atoms with E-state index in [0.717, 1.165) is 48.9 Å². The number of hydrogen-bond donors (Lipinski definition) is 1. The number of nitrogens with one attached hydrogen (secondary N) is 1. The van der Waals surface area contributed by atoms with Crippen molar-refractivity contribution in [3.8, 4) is 0 Å². The van der Waals surface area contributed by atoms with Crippen LogP contribution >= 0.6 is 11.8 Å². The Morgan fingerprint density at radius 2 is 1.64 bits per heavy atom. The smallest absolute Gasteiger partial charge is 0.328 e. The minimum Gasteiger partial charge on any atom is -0.467 e. The predicted octanol–water partition coefficient (Wildman–Crippen LogP) is 5.61. The zero-order valence-electron chi connectivity index (χ0n) is 26.1. The maximum atomic E-state index is 14.1. The molecule has 3 aliphatic heterocycles. The van der Waals surface area contributed by atoms with E-state index >= 15 is 0 Å². The molecule has 240 valence electrons. The number of benzene rings is 2. The molecule has 1 N–H and O–H groups in total. The third kappa shape index (κ3) is 7.00. The molecule has 3 heterocycles. The van der Waals surface area contributed by atoms with Gasteiger partial charge in [0, 0.05) is 37.8 Å². The largest absolute Gasteiger partial charge is 0.467 e. The van der Waals surface area contributed by atoms with Gasteiger partial charge in [-0.1, -0.05) is 80.6 Å². The molecule has 2 aromatic carbocycles. The van der Waals surface area contributed by atoms with Crippen molar-refractivity contribution in [2.75, 3.05) is 32.1 Å². The summed E-state index contributed by atoms with van der Waals surface area (Å²) in [6.07, 6.45) is 8.49. The molecule has 0 aromatic heterocycles. The number of fused-ring (bicyclic) bond motifs is 1. The molecule has 3 atom stereocenters. The average Bonchev–Trinajstić information content (AvgIpc) is 3.29. The minimum atomic E-state index is -0.676. The molecule has 10 heteroatoms. The number of ether oxygens (including phenoxy) is 1. The molecule has 0 bridgehead atoms. The van der Waals surface area contributed by atoms with E-state index < -0.39 is 11.3 Å². The number of esters is 1. The number of methoxy groups -OCH3 is 1. The standard InChI is InChI=1S/C35H44N4O5S/c1-44-34(42)29(22-24-10-4-2-5-11-24)39-32(41)30(45-33(39)26-13-6-3-7-14-26)23-31(40)37-19-17-27(18-20-37)38-21-16-25-12-8-9-15-28(25)36-35(38)43/h3,6-9,12-15,24,27,29-30,33H,2,4-5,10-11,16-23H2,1H3,(H,36,43)/t29-,30?,33?/m1/s1. The molecule has 45 heavy (non-hydrogen) atoms. The highest BCUT2D eigenvalue weighted by atomic mass is 32.2. The van der Waals surface area contributed by atoms with E-state index in [-0.39, 0.29) is 41.7 Å². The van der Waals surface area contributed by atoms with Crippen molar-refractivity contribution in [3.05, 3.63) is 65.7 Å². The Kier molecular flexibility index (Phi) is 9.97. The third-order valence-electron chi connectivity index (χ3n) is 10.0. The highest BCUT2D eigenvalue weighted by Crippen LogP contribution is 2.47. The zero-order chi connectivity index (χ0) is 31.3. The van der Waals surface area contributed by atoms with Crippen LogP contribution in [-0.2, 0) is 25.5 Å². The molecule has 9 nitrogen and oxygen atoms in total. The molecule has 3 fully saturated rings. The number of urea groups is 1. The van der Waals surface area contributed by atoms with E-state index in [9.17, 15) is 19.2 Å². The maximum absolute atomic E-state index is 14.1. The number of likely N-dealkylation sites (tertiary alicyclic amines) is 1. The molecule has 2 unspecified atom stereocenters. The van der Waals surface area contributed by atoms with Gasteiger partial charge < -0.3 is 24.8 Å². The fourth-order valence-electron chi connectivity index (χ4n) is 7.52. The molecular formula is C35H44N4O5S. The summed E-state index contributed by atoms with van der Waals surface area (Å²) in [7, 11) is 1.39. The second kappa shape index (κ2) is 14.3. The Hall–Kier alpha value is -3.53. The predicted molar refractivity (Wildman–Crippen MR) is 174 cm³/mol. The first-order valence-corrected chi connectivity index (χ1v) is 17.4. The average molecular weight is 633 g/mol. The monoisotopic (exact) mass is 632 g/mol. The molecule has 6 rings (SSSR count). The number of carbonyl (C=O) groups is 4. The van der Waals surface area contributed by atoms with Crippen LogP contribution in [0.4, 0.5) is 10.5 Å². The van der Waals surface area contributed by atoms with Crippen LogP contribution in [0.5, 0.6) is 0 Å². The molecule has 2 aromatic rings. The summed E-state index contributed by atoms with van der Waals surface area (Å²) in [6.45, 7) is 1.74. The third-order valence-corrected chi connectivity index (χ3v) is 11.5. The number of amides is 4. The SMILES string of the molecule is COC(=O)[C@@H](CC1CCCCC1)N1C(=O)C(CC(=O)N2CCC(N3CCc4ccccc4NC3=O)CC2)SC1c1ccccc1. The summed E-state index contributed by atoms with van der Waals surface area (Å²) in [5, 5.41) is 2.12. The lowest BCUT2D eigenvalue weighted by molar-refractivity contribution is -0.154. The van der Waals surface area contributed by atoms with Crippen LogP contribution < -0.4 is 5.32 Å². The first-order valence-electron chi connectivity index (χ1n) is 16.5. The second-order valence-electron chi connectivity index (χ2n) is 12.8. The highest BCUT2D eigenvalue weighted by molar-refractivity contribution is 8.01. The van der Waals surface area contributed by atoms with Crippen molar-refractivity contribution >= 4 is 41.3 Å². The van der Waals surface area contributed by atoms with Crippen LogP contribution in [0.2, 0.25) is 0 Å². The van der Waals surface area contributed by atoms with E-state index in [0.29, 0.717) is 44.8 Å². The summed E-state index contributed by atoms with van der Waals surface area (Å²) >= 11 is 1.47. The Balaban J connectivity index is 1.11. The number of rotatable bonds is 8. The van der Waals surface area contributed by atoms with Crippen molar-refractivity contribution in [2.24, 2.45) is 5.92 Å². The van der Waals surface area contributed by atoms with Gasteiger partial charge in [-0.25, -0.2) is 9.59 Å². The van der Waals surface area contributed by atoms with Gasteiger partial charge in [-0.15, -0.1) is 11.8 Å². The molecule has 4 aliphatic rings. The van der Waals surface area contributed by atoms with Gasteiger partial charge in [0.05, 0.1) is 12.4 Å². The first kappa shape index (κ1) is 31.5. The van der Waals surface area contributed by atoms with Crippen LogP contribution in [0.1, 0.15) is 74.3 Å². The summed E-state index contributed by atoms with van der Waals surface area (Å²) in [5.41, 5.74) is 2.95. The number of anilines is 1. The van der Waals surface area contributed by atoms with Gasteiger partial charge in [0.2, 0.25) is 11.8 Å². The molecule has 1 saturated carbocycles. The van der Waals surface area contributed by atoms with Crippen LogP contribution in [0.15, 0.2) is 54.6 Å². The molecule has 4 amide bonds. The van der Waals surface area contributed by atoms with E-state index in [4.69, 9.17) is 4.74 Å². The highest BCUT2D eigenvalue weighted by Gasteiger charge is 2.48. The van der Waals surface area contributed by atoms with Crippen molar-refractivity contribution in [1.82, 2.24) is 14.7 Å². The van der Waals surface area contributed by atoms with Gasteiger partial charge in [-0.2, -0.15) is 0 Å². The molecular weight excluding hydrogens is 588 g/mol. The summed E-state index contributed by atoms with van der Waals surface area (Å²) in [5.74, 6) is -0.226. The van der Waals surface area contributed by atoms with Crippen LogP contribution in [0.3, 0.4) is 0 Å². The van der Waals surface area contributed by atoms with Crippen molar-refractivity contribution in [1.29, 1.82) is 0 Å². The van der Waals surface area contributed by atoms with Gasteiger partial charge in [0.15, 0.2) is 0 Å². The second-order valence-corrected chi connectivity index (χ2v) is 14.0. The molecule has 0 spiro atoms. The van der Waals surface area contributed by atoms with Crippen molar-refractivity contribution < 1.29 is 23.9 Å². The van der Waals surface area contributed by atoms with E-state index in [2.05, 4.69) is 11.4 Å². The van der Waals surface area contributed by atoms with Gasteiger partial charge in [-0.05, 0) is 48.8 Å². The Labute approximate surface area is 270 Å². The lowest BCUT2D eigenvalue weighted by Gasteiger charge is -2.38. The normalized spacial score (nSPS) is 23.7. The maximum Gasteiger partial charge on any atom is 0.328 e. The van der Waals surface area contributed by atoms with Crippen molar-refractivity contribution in [2.45, 2.75) is 86.9 Å². The number of nitrogens with zero attached hydrogens (tertiary/aromatic N) is 3. The Morgan fingerprint density at radius 3 is 2.38 bits per heavy atom. The van der Waals surface area contributed by atoms with E-state index in [1.165, 1.54) is 25.3 Å². The number of piperidine rings is 1. The van der Waals surface area contributed by atoms with E-state index in [1.54, 1.807) is 4.90 Å². The van der Waals surface area contributed by atoms with Gasteiger partial charge in [0.1, 0.15) is 11.4 Å². The summed E-state index contributed by atoms with van der Waals surface area (Å²) in [6, 6.07) is 17.0. The Bertz CT molecular complexity index is 1380. The summed E-state index contributed by atoms with van der Waals surface area (Å²) < 4.78 is 5.25. The van der Waals surface area contributed by atoms with Gasteiger partial charge in [0.25, 0.3) is 0 Å². The Morgan fingerprint density at radius 1 is 0.933 bits per heavy atom.